The van der Waals surface area contributed by atoms with Crippen LogP contribution in [0.3, 0.4) is 0 Å². The van der Waals surface area contributed by atoms with E-state index in [-0.39, 0.29) is 17.3 Å². The molecule has 2 rings (SSSR count). The highest BCUT2D eigenvalue weighted by Crippen LogP contribution is 2.25. The number of esters is 2. The molecule has 0 radical (unpaired) electrons. The molecule has 0 N–H and O–H groups in total. The van der Waals surface area contributed by atoms with Gasteiger partial charge in [-0.3, -0.25) is 4.68 Å². The Bertz CT molecular complexity index is 637. The van der Waals surface area contributed by atoms with Crippen LogP contribution in [0.25, 0.3) is 11.5 Å². The SMILES string of the molecule is COC(=O)c1nc(-c2cnn(C)c2C)oc1C(=O)OC. The number of hydrogen-bond donors (Lipinski definition) is 0. The van der Waals surface area contributed by atoms with E-state index >= 15 is 0 Å². The molecule has 0 saturated carbocycles. The quantitative estimate of drug-likeness (QED) is 0.772. The van der Waals surface area contributed by atoms with Crippen LogP contribution in [0.15, 0.2) is 10.6 Å². The number of hydrogen-bond acceptors (Lipinski definition) is 7. The number of aryl methyl sites for hydroxylation is 1. The zero-order chi connectivity index (χ0) is 14.9. The number of oxazole rings is 1. The van der Waals surface area contributed by atoms with Crippen molar-refractivity contribution in [3.8, 4) is 11.5 Å². The van der Waals surface area contributed by atoms with E-state index in [0.29, 0.717) is 5.56 Å². The Morgan fingerprint density at radius 1 is 1.25 bits per heavy atom. The highest BCUT2D eigenvalue weighted by molar-refractivity contribution is 6.00. The Labute approximate surface area is 114 Å². The minimum atomic E-state index is -0.800. The fourth-order valence-electron chi connectivity index (χ4n) is 1.61. The molecule has 106 valence electrons. The van der Waals surface area contributed by atoms with Crippen LogP contribution in [0.5, 0.6) is 0 Å². The first kappa shape index (κ1) is 13.8. The first-order valence-electron chi connectivity index (χ1n) is 5.66. The maximum absolute atomic E-state index is 11.6. The molecule has 0 amide bonds. The van der Waals surface area contributed by atoms with Crippen LogP contribution in [0.1, 0.15) is 26.7 Å². The molecule has 0 bridgehead atoms. The molecule has 20 heavy (non-hydrogen) atoms. The van der Waals surface area contributed by atoms with Crippen molar-refractivity contribution >= 4 is 11.9 Å². The van der Waals surface area contributed by atoms with Gasteiger partial charge in [0, 0.05) is 12.7 Å². The third kappa shape index (κ3) is 2.15. The number of ether oxygens (including phenoxy) is 2. The summed E-state index contributed by atoms with van der Waals surface area (Å²) in [4.78, 5) is 27.2. The van der Waals surface area contributed by atoms with Crippen molar-refractivity contribution in [3.05, 3.63) is 23.3 Å². The van der Waals surface area contributed by atoms with E-state index in [1.54, 1.807) is 11.7 Å². The zero-order valence-electron chi connectivity index (χ0n) is 11.5. The number of methoxy groups -OCH3 is 2. The lowest BCUT2D eigenvalue weighted by molar-refractivity contribution is 0.0527. The normalized spacial score (nSPS) is 10.4. The van der Waals surface area contributed by atoms with Crippen LogP contribution in [0, 0.1) is 6.92 Å². The highest BCUT2D eigenvalue weighted by Gasteiger charge is 2.28. The summed E-state index contributed by atoms with van der Waals surface area (Å²) >= 11 is 0. The van der Waals surface area contributed by atoms with Gasteiger partial charge in [0.05, 0.1) is 26.0 Å². The molecule has 0 atom stereocenters. The minimum Gasteiger partial charge on any atom is -0.464 e. The van der Waals surface area contributed by atoms with Gasteiger partial charge in [-0.2, -0.15) is 5.10 Å². The van der Waals surface area contributed by atoms with E-state index in [9.17, 15) is 9.59 Å². The molecule has 0 unspecified atom stereocenters. The summed E-state index contributed by atoms with van der Waals surface area (Å²) in [6.07, 6.45) is 1.53. The van der Waals surface area contributed by atoms with E-state index in [0.717, 1.165) is 5.69 Å². The van der Waals surface area contributed by atoms with E-state index < -0.39 is 11.9 Å². The fourth-order valence-corrected chi connectivity index (χ4v) is 1.61. The van der Waals surface area contributed by atoms with Crippen LogP contribution in [-0.2, 0) is 16.5 Å². The number of nitrogens with zero attached hydrogens (tertiary/aromatic N) is 3. The Hall–Kier alpha value is -2.64. The van der Waals surface area contributed by atoms with Gasteiger partial charge in [0.2, 0.25) is 17.3 Å². The largest absolute Gasteiger partial charge is 0.464 e. The molecular weight excluding hydrogens is 266 g/mol. The molecule has 0 aliphatic rings. The second kappa shape index (κ2) is 5.16. The van der Waals surface area contributed by atoms with Gasteiger partial charge in [0.15, 0.2) is 0 Å². The number of carbonyl (C=O) groups is 2. The summed E-state index contributed by atoms with van der Waals surface area (Å²) in [7, 11) is 4.12. The summed E-state index contributed by atoms with van der Waals surface area (Å²) < 4.78 is 16.1. The molecule has 8 heteroatoms. The molecule has 2 aromatic rings. The van der Waals surface area contributed by atoms with Crippen molar-refractivity contribution in [1.29, 1.82) is 0 Å². The minimum absolute atomic E-state index is 0.108. The summed E-state index contributed by atoms with van der Waals surface area (Å²) in [5, 5.41) is 4.05. The van der Waals surface area contributed by atoms with Gasteiger partial charge in [-0.05, 0) is 6.92 Å². The first-order chi connectivity index (χ1) is 9.49. The van der Waals surface area contributed by atoms with Crippen LogP contribution >= 0.6 is 0 Å². The van der Waals surface area contributed by atoms with Crippen molar-refractivity contribution in [2.24, 2.45) is 7.05 Å². The van der Waals surface area contributed by atoms with Gasteiger partial charge in [-0.25, -0.2) is 14.6 Å². The summed E-state index contributed by atoms with van der Waals surface area (Å²) in [6.45, 7) is 1.81. The van der Waals surface area contributed by atoms with Crippen LogP contribution in [0.2, 0.25) is 0 Å². The Balaban J connectivity index is 2.57. The van der Waals surface area contributed by atoms with E-state index in [1.165, 1.54) is 20.4 Å². The molecule has 0 aliphatic heterocycles. The van der Waals surface area contributed by atoms with Crippen LogP contribution in [0.4, 0.5) is 0 Å². The highest BCUT2D eigenvalue weighted by atomic mass is 16.5. The number of carbonyl (C=O) groups excluding carboxylic acids is 2. The molecule has 2 heterocycles. The van der Waals surface area contributed by atoms with Crippen molar-refractivity contribution < 1.29 is 23.5 Å². The first-order valence-corrected chi connectivity index (χ1v) is 5.66. The average Bonchev–Trinajstić information content (AvgIpc) is 3.02. The zero-order valence-corrected chi connectivity index (χ0v) is 11.5. The van der Waals surface area contributed by atoms with Crippen molar-refractivity contribution in [1.82, 2.24) is 14.8 Å². The van der Waals surface area contributed by atoms with Crippen molar-refractivity contribution in [2.75, 3.05) is 14.2 Å². The number of aromatic nitrogens is 3. The van der Waals surface area contributed by atoms with Gasteiger partial charge in [0.25, 0.3) is 0 Å². The van der Waals surface area contributed by atoms with Crippen LogP contribution < -0.4 is 0 Å². The molecule has 0 fully saturated rings. The summed E-state index contributed by atoms with van der Waals surface area (Å²) in [6, 6.07) is 0. The van der Waals surface area contributed by atoms with Gasteiger partial charge in [0.1, 0.15) is 0 Å². The molecule has 0 aromatic carbocycles. The lowest BCUT2D eigenvalue weighted by atomic mass is 10.2. The predicted octanol–water partition coefficient (Wildman–Crippen LogP) is 0.957. The van der Waals surface area contributed by atoms with Crippen LogP contribution in [-0.4, -0.2) is 40.9 Å². The van der Waals surface area contributed by atoms with Gasteiger partial charge < -0.3 is 13.9 Å². The summed E-state index contributed by atoms with van der Waals surface area (Å²) in [5.41, 5.74) is 1.13. The predicted molar refractivity (Wildman–Crippen MR) is 66.1 cm³/mol. The molecule has 8 nitrogen and oxygen atoms in total. The molecule has 0 aliphatic carbocycles. The second-order valence-electron chi connectivity index (χ2n) is 3.95. The number of rotatable bonds is 3. The van der Waals surface area contributed by atoms with Gasteiger partial charge in [-0.1, -0.05) is 0 Å². The maximum Gasteiger partial charge on any atom is 0.376 e. The standard InChI is InChI=1S/C12H13N3O5/c1-6-7(5-13-15(6)2)10-14-8(11(16)18-3)9(20-10)12(17)19-4/h5H,1-4H3. The smallest absolute Gasteiger partial charge is 0.376 e. The lowest BCUT2D eigenvalue weighted by Crippen LogP contribution is -2.10. The third-order valence-corrected chi connectivity index (χ3v) is 2.84. The van der Waals surface area contributed by atoms with Crippen molar-refractivity contribution in [2.45, 2.75) is 6.92 Å². The fraction of sp³-hybridized carbons (Fsp3) is 0.333. The average molecular weight is 279 g/mol. The third-order valence-electron chi connectivity index (χ3n) is 2.84. The Morgan fingerprint density at radius 3 is 2.40 bits per heavy atom. The Kier molecular flexibility index (Phi) is 3.55. The molecular formula is C12H13N3O5. The molecule has 2 aromatic heterocycles. The topological polar surface area (TPSA) is 96.5 Å². The van der Waals surface area contributed by atoms with Gasteiger partial charge >= 0.3 is 11.9 Å². The van der Waals surface area contributed by atoms with Crippen molar-refractivity contribution in [3.63, 3.8) is 0 Å². The van der Waals surface area contributed by atoms with E-state index in [1.807, 2.05) is 6.92 Å². The molecule has 0 spiro atoms. The van der Waals surface area contributed by atoms with E-state index in [2.05, 4.69) is 19.6 Å². The monoisotopic (exact) mass is 279 g/mol. The maximum atomic E-state index is 11.6. The summed E-state index contributed by atoms with van der Waals surface area (Å²) in [5.74, 6) is -1.76. The Morgan fingerprint density at radius 2 is 1.90 bits per heavy atom. The van der Waals surface area contributed by atoms with Gasteiger partial charge in [-0.15, -0.1) is 0 Å². The van der Waals surface area contributed by atoms with E-state index in [4.69, 9.17) is 4.42 Å². The molecule has 0 saturated heterocycles. The second-order valence-corrected chi connectivity index (χ2v) is 3.95. The lowest BCUT2D eigenvalue weighted by Gasteiger charge is -1.96.